The van der Waals surface area contributed by atoms with Crippen LogP contribution in [0.1, 0.15) is 6.42 Å². The summed E-state index contributed by atoms with van der Waals surface area (Å²) in [4.78, 5) is 23.6. The van der Waals surface area contributed by atoms with Crippen molar-refractivity contribution < 1.29 is 18.1 Å². The number of anilines is 2. The average molecular weight is 314 g/mol. The van der Waals surface area contributed by atoms with Gasteiger partial charge in [-0.15, -0.1) is 0 Å². The topological polar surface area (TPSA) is 150 Å². The number of nitrogens with zero attached hydrogens (tertiary/aromatic N) is 2. The summed E-state index contributed by atoms with van der Waals surface area (Å²) >= 11 is 0. The molecule has 0 aliphatic carbocycles. The van der Waals surface area contributed by atoms with Crippen LogP contribution in [0.15, 0.2) is 18.2 Å². The maximum atomic E-state index is 12.0. The van der Waals surface area contributed by atoms with E-state index in [-0.39, 0.29) is 35.8 Å². The summed E-state index contributed by atoms with van der Waals surface area (Å²) in [6.07, 6.45) is -0.0398. The number of carbonyl (C=O) groups excluding carboxylic acids is 1. The van der Waals surface area contributed by atoms with E-state index in [0.717, 1.165) is 4.90 Å². The van der Waals surface area contributed by atoms with E-state index in [2.05, 4.69) is 0 Å². The number of rotatable bonds is 4. The van der Waals surface area contributed by atoms with Crippen molar-refractivity contribution in [2.75, 3.05) is 22.9 Å². The first-order valence-corrected chi connectivity index (χ1v) is 7.74. The van der Waals surface area contributed by atoms with Gasteiger partial charge in [-0.3, -0.25) is 14.9 Å². The fraction of sp³-hybridized carbons (Fsp3) is 0.364. The monoisotopic (exact) mass is 314 g/mol. The van der Waals surface area contributed by atoms with Gasteiger partial charge in [0.1, 0.15) is 5.69 Å². The minimum Gasteiger partial charge on any atom is -0.397 e. The molecule has 9 nitrogen and oxygen atoms in total. The van der Waals surface area contributed by atoms with Crippen LogP contribution in [0.25, 0.3) is 0 Å². The fourth-order valence-electron chi connectivity index (χ4n) is 2.43. The van der Waals surface area contributed by atoms with Gasteiger partial charge in [-0.25, -0.2) is 13.6 Å². The van der Waals surface area contributed by atoms with Gasteiger partial charge in [-0.05, 0) is 6.07 Å². The summed E-state index contributed by atoms with van der Waals surface area (Å²) in [5, 5.41) is 16.0. The van der Waals surface area contributed by atoms with E-state index in [4.69, 9.17) is 10.9 Å². The minimum atomic E-state index is -3.72. The molecule has 21 heavy (non-hydrogen) atoms. The zero-order valence-electron chi connectivity index (χ0n) is 10.9. The molecule has 0 aromatic heterocycles. The number of nitro groups is 1. The first-order valence-electron chi connectivity index (χ1n) is 6.03. The summed E-state index contributed by atoms with van der Waals surface area (Å²) < 4.78 is 22.2. The Kier molecular flexibility index (Phi) is 3.83. The highest BCUT2D eigenvalue weighted by molar-refractivity contribution is 7.89. The molecule has 1 aromatic carbocycles. The number of para-hydroxylation sites is 1. The SMILES string of the molecule is Nc1cccc([N+](=O)[O-])c1N1CC(CS(N)(=O)=O)CC1=O. The Balaban J connectivity index is 2.36. The Morgan fingerprint density at radius 2 is 2.10 bits per heavy atom. The Bertz CT molecular complexity index is 703. The van der Waals surface area contributed by atoms with Crippen LogP contribution in [0.4, 0.5) is 17.1 Å². The van der Waals surface area contributed by atoms with Gasteiger partial charge in [0.25, 0.3) is 5.69 Å². The molecule has 1 atom stereocenters. The second-order valence-electron chi connectivity index (χ2n) is 4.88. The van der Waals surface area contributed by atoms with Crippen LogP contribution >= 0.6 is 0 Å². The molecule has 1 saturated heterocycles. The van der Waals surface area contributed by atoms with Crippen LogP contribution in [-0.2, 0) is 14.8 Å². The van der Waals surface area contributed by atoms with Gasteiger partial charge in [-0.2, -0.15) is 0 Å². The van der Waals surface area contributed by atoms with Gasteiger partial charge in [0.2, 0.25) is 15.9 Å². The summed E-state index contributed by atoms with van der Waals surface area (Å²) in [6.45, 7) is 0.0321. The molecule has 0 spiro atoms. The maximum absolute atomic E-state index is 12.0. The third-order valence-electron chi connectivity index (χ3n) is 3.19. The van der Waals surface area contributed by atoms with Gasteiger partial charge < -0.3 is 10.6 Å². The first kappa shape index (κ1) is 15.2. The number of benzene rings is 1. The molecule has 0 bridgehead atoms. The summed E-state index contributed by atoms with van der Waals surface area (Å²) in [5.74, 6) is -1.27. The highest BCUT2D eigenvalue weighted by atomic mass is 32.2. The van der Waals surface area contributed by atoms with Gasteiger partial charge >= 0.3 is 0 Å². The van der Waals surface area contributed by atoms with Crippen molar-refractivity contribution in [1.29, 1.82) is 0 Å². The van der Waals surface area contributed by atoms with Crippen LogP contribution in [-0.4, -0.2) is 31.5 Å². The molecule has 0 saturated carbocycles. The Morgan fingerprint density at radius 3 is 2.67 bits per heavy atom. The summed E-state index contributed by atoms with van der Waals surface area (Å²) in [6, 6.07) is 4.11. The van der Waals surface area contributed by atoms with Crippen molar-refractivity contribution in [1.82, 2.24) is 0 Å². The second kappa shape index (κ2) is 5.30. The Morgan fingerprint density at radius 1 is 1.43 bits per heavy atom. The zero-order chi connectivity index (χ0) is 15.8. The lowest BCUT2D eigenvalue weighted by molar-refractivity contribution is -0.384. The Hall–Kier alpha value is -2.20. The molecule has 1 fully saturated rings. The van der Waals surface area contributed by atoms with Crippen molar-refractivity contribution in [2.45, 2.75) is 6.42 Å². The minimum absolute atomic E-state index is 0.00409. The highest BCUT2D eigenvalue weighted by Crippen LogP contribution is 2.37. The molecule has 1 unspecified atom stereocenters. The van der Waals surface area contributed by atoms with E-state index in [1.54, 1.807) is 0 Å². The molecule has 1 aliphatic rings. The third kappa shape index (κ3) is 3.28. The molecule has 1 aromatic rings. The second-order valence-corrected chi connectivity index (χ2v) is 6.54. The standard InChI is InChI=1S/C11H14N4O5S/c12-8-2-1-3-9(15(17)18)11(8)14-5-7(4-10(14)16)6-21(13,19)20/h1-3,7H,4-6,12H2,(H2,13,19,20). The van der Waals surface area contributed by atoms with E-state index >= 15 is 0 Å². The molecule has 2 rings (SSSR count). The number of nitrogens with two attached hydrogens (primary N) is 2. The lowest BCUT2D eigenvalue weighted by Crippen LogP contribution is -2.28. The number of primary sulfonamides is 1. The zero-order valence-corrected chi connectivity index (χ0v) is 11.7. The van der Waals surface area contributed by atoms with Crippen LogP contribution < -0.4 is 15.8 Å². The molecule has 1 aliphatic heterocycles. The molecule has 0 radical (unpaired) electrons. The van der Waals surface area contributed by atoms with E-state index in [1.807, 2.05) is 0 Å². The number of nitro benzene ring substituents is 1. The maximum Gasteiger partial charge on any atom is 0.295 e. The number of amides is 1. The van der Waals surface area contributed by atoms with Crippen molar-refractivity contribution >= 4 is 33.0 Å². The molecular formula is C11H14N4O5S. The van der Waals surface area contributed by atoms with Crippen LogP contribution in [0, 0.1) is 16.0 Å². The average Bonchev–Trinajstić information content (AvgIpc) is 2.66. The molecule has 114 valence electrons. The van der Waals surface area contributed by atoms with Crippen molar-refractivity contribution in [3.63, 3.8) is 0 Å². The normalized spacial score (nSPS) is 19.0. The molecular weight excluding hydrogens is 300 g/mol. The van der Waals surface area contributed by atoms with Crippen LogP contribution in [0.2, 0.25) is 0 Å². The molecule has 10 heteroatoms. The quantitative estimate of drug-likeness (QED) is 0.447. The van der Waals surface area contributed by atoms with Crippen molar-refractivity contribution in [3.8, 4) is 0 Å². The highest BCUT2D eigenvalue weighted by Gasteiger charge is 2.36. The number of nitrogen functional groups attached to an aromatic ring is 1. The summed E-state index contributed by atoms with van der Waals surface area (Å²) in [7, 11) is -3.72. The van der Waals surface area contributed by atoms with Gasteiger partial charge in [0, 0.05) is 24.9 Å². The van der Waals surface area contributed by atoms with Gasteiger partial charge in [-0.1, -0.05) is 6.07 Å². The first-order chi connectivity index (χ1) is 9.69. The lowest BCUT2D eigenvalue weighted by atomic mass is 10.1. The predicted octanol–water partition coefficient (Wildman–Crippen LogP) is -0.182. The molecule has 4 N–H and O–H groups in total. The largest absolute Gasteiger partial charge is 0.397 e. The van der Waals surface area contributed by atoms with E-state index in [0.29, 0.717) is 0 Å². The van der Waals surface area contributed by atoms with E-state index in [1.165, 1.54) is 18.2 Å². The smallest absolute Gasteiger partial charge is 0.295 e. The Labute approximate surface area is 120 Å². The lowest BCUT2D eigenvalue weighted by Gasteiger charge is -2.18. The van der Waals surface area contributed by atoms with Crippen molar-refractivity contribution in [2.24, 2.45) is 11.1 Å². The van der Waals surface area contributed by atoms with Crippen molar-refractivity contribution in [3.05, 3.63) is 28.3 Å². The van der Waals surface area contributed by atoms with Gasteiger partial charge in [0.15, 0.2) is 0 Å². The number of hydrogen-bond donors (Lipinski definition) is 2. The fourth-order valence-corrected chi connectivity index (χ4v) is 3.31. The van der Waals surface area contributed by atoms with Crippen LogP contribution in [0.3, 0.4) is 0 Å². The molecule has 1 heterocycles. The van der Waals surface area contributed by atoms with E-state index < -0.39 is 26.8 Å². The number of hydrogen-bond acceptors (Lipinski definition) is 6. The van der Waals surface area contributed by atoms with Gasteiger partial charge in [0.05, 0.1) is 16.4 Å². The number of sulfonamides is 1. The molecule has 1 amide bonds. The summed E-state index contributed by atoms with van der Waals surface area (Å²) in [5.41, 5.74) is 5.54. The predicted molar refractivity (Wildman–Crippen MR) is 75.9 cm³/mol. The number of carbonyl (C=O) groups is 1. The van der Waals surface area contributed by atoms with E-state index in [9.17, 15) is 23.3 Å². The van der Waals surface area contributed by atoms with Crippen LogP contribution in [0.5, 0.6) is 0 Å². The third-order valence-corrected chi connectivity index (χ3v) is 4.12.